The molecular formula is C31H50ClN3O7S. The summed E-state index contributed by atoms with van der Waals surface area (Å²) in [6.07, 6.45) is 11.5. The Morgan fingerprint density at radius 3 is 2.14 bits per heavy atom. The van der Waals surface area contributed by atoms with Crippen molar-refractivity contribution in [1.82, 2.24) is 14.5 Å². The summed E-state index contributed by atoms with van der Waals surface area (Å²) in [5, 5.41) is 0.420. The van der Waals surface area contributed by atoms with Gasteiger partial charge in [-0.2, -0.15) is 0 Å². The van der Waals surface area contributed by atoms with Crippen LogP contribution in [-0.2, 0) is 29.0 Å². The number of fused-ring (bicyclic) bond motifs is 1. The van der Waals surface area contributed by atoms with Crippen molar-refractivity contribution in [3.8, 4) is 0 Å². The first-order chi connectivity index (χ1) is 20.6. The Kier molecular flexibility index (Phi) is 13.0. The van der Waals surface area contributed by atoms with Crippen molar-refractivity contribution in [3.05, 3.63) is 29.3 Å². The first-order valence-corrected chi connectivity index (χ1v) is 17.9. The third-order valence-electron chi connectivity index (χ3n) is 8.33. The number of hydrogen-bond acceptors (Lipinski definition) is 8. The fourth-order valence-electron chi connectivity index (χ4n) is 5.95. The molecule has 0 spiro atoms. The standard InChI is InChI=1S/C31H50ClN3O7S/c1-4-5-6-7-8-9-10-11-12-13-22-39-29-28-27(41-31(2,3)42-28)26(40-29)23-34-18-20-35(21-19-34)30(36)33-43(37,38)25-16-14-24(32)15-17-25/h14-17,26-29H,4-13,18-23H2,1-3H3,(H,33,36)/t26-,27+,28+,29+/m1/s1. The molecule has 3 heterocycles. The van der Waals surface area contributed by atoms with E-state index in [0.29, 0.717) is 44.4 Å². The summed E-state index contributed by atoms with van der Waals surface area (Å²) in [6.45, 7) is 9.27. The number of piperazine rings is 1. The number of ether oxygens (including phenoxy) is 4. The van der Waals surface area contributed by atoms with E-state index in [1.54, 1.807) is 0 Å². The molecule has 12 heteroatoms. The number of nitrogens with one attached hydrogen (secondary N) is 1. The number of unbranched alkanes of at least 4 members (excludes halogenated alkanes) is 9. The molecule has 0 unspecified atom stereocenters. The van der Waals surface area contributed by atoms with E-state index in [1.807, 2.05) is 13.8 Å². The zero-order valence-corrected chi connectivity index (χ0v) is 27.5. The van der Waals surface area contributed by atoms with Crippen molar-refractivity contribution in [2.45, 2.75) is 120 Å². The molecule has 3 aliphatic heterocycles. The molecule has 0 bridgehead atoms. The van der Waals surface area contributed by atoms with Crippen molar-refractivity contribution in [1.29, 1.82) is 0 Å². The predicted molar refractivity (Wildman–Crippen MR) is 165 cm³/mol. The Bertz CT molecular complexity index is 1110. The lowest BCUT2D eigenvalue weighted by Crippen LogP contribution is -2.54. The van der Waals surface area contributed by atoms with E-state index in [4.69, 9.17) is 30.5 Å². The highest BCUT2D eigenvalue weighted by molar-refractivity contribution is 7.90. The van der Waals surface area contributed by atoms with Crippen LogP contribution in [0.2, 0.25) is 5.02 Å². The molecule has 1 N–H and O–H groups in total. The van der Waals surface area contributed by atoms with Gasteiger partial charge in [-0.1, -0.05) is 76.3 Å². The first-order valence-electron chi connectivity index (χ1n) is 16.0. The molecule has 0 saturated carbocycles. The minimum atomic E-state index is -3.98. The topological polar surface area (TPSA) is 107 Å². The van der Waals surface area contributed by atoms with Crippen LogP contribution < -0.4 is 4.72 Å². The van der Waals surface area contributed by atoms with Gasteiger partial charge in [0.05, 0.1) is 4.90 Å². The molecule has 0 radical (unpaired) electrons. The summed E-state index contributed by atoms with van der Waals surface area (Å²) in [7, 11) is -3.98. The van der Waals surface area contributed by atoms with Gasteiger partial charge < -0.3 is 23.8 Å². The van der Waals surface area contributed by atoms with Crippen molar-refractivity contribution >= 4 is 27.7 Å². The van der Waals surface area contributed by atoms with Crippen LogP contribution >= 0.6 is 11.6 Å². The molecular weight excluding hydrogens is 594 g/mol. The zero-order valence-electron chi connectivity index (χ0n) is 26.0. The quantitative estimate of drug-likeness (QED) is 0.234. The molecule has 10 nitrogen and oxygen atoms in total. The minimum absolute atomic E-state index is 0.0107. The third kappa shape index (κ3) is 10.3. The summed E-state index contributed by atoms with van der Waals surface area (Å²) >= 11 is 5.85. The summed E-state index contributed by atoms with van der Waals surface area (Å²) in [6, 6.07) is 5.05. The Hall–Kier alpha value is -1.47. The Morgan fingerprint density at radius 1 is 0.930 bits per heavy atom. The zero-order chi connectivity index (χ0) is 30.9. The molecule has 2 amide bonds. The van der Waals surface area contributed by atoms with Gasteiger partial charge in [-0.3, -0.25) is 4.90 Å². The second-order valence-electron chi connectivity index (χ2n) is 12.3. The number of rotatable bonds is 16. The number of carbonyl (C=O) groups excluding carboxylic acids is 1. The molecule has 4 atom stereocenters. The van der Waals surface area contributed by atoms with E-state index in [2.05, 4.69) is 16.5 Å². The van der Waals surface area contributed by atoms with E-state index >= 15 is 0 Å². The second kappa shape index (κ2) is 16.2. The van der Waals surface area contributed by atoms with E-state index < -0.39 is 28.1 Å². The predicted octanol–water partition coefficient (Wildman–Crippen LogP) is 5.54. The number of hydrogen-bond donors (Lipinski definition) is 1. The van der Waals surface area contributed by atoms with E-state index in [9.17, 15) is 13.2 Å². The summed E-state index contributed by atoms with van der Waals surface area (Å²) < 4.78 is 52.3. The summed E-state index contributed by atoms with van der Waals surface area (Å²) in [5.41, 5.74) is 0. The molecule has 0 aromatic heterocycles. The van der Waals surface area contributed by atoms with E-state index in [0.717, 1.165) is 12.8 Å². The molecule has 3 saturated heterocycles. The van der Waals surface area contributed by atoms with Gasteiger partial charge in [0.1, 0.15) is 18.3 Å². The monoisotopic (exact) mass is 643 g/mol. The van der Waals surface area contributed by atoms with Crippen LogP contribution in [-0.4, -0.2) is 94.0 Å². The van der Waals surface area contributed by atoms with Crippen molar-refractivity contribution in [2.75, 3.05) is 39.3 Å². The molecule has 0 aliphatic carbocycles. The molecule has 3 aliphatic rings. The van der Waals surface area contributed by atoms with Gasteiger partial charge in [0.2, 0.25) is 0 Å². The SMILES string of the molecule is CCCCCCCCCCCCO[C@H]1O[C@H](CN2CCN(C(=O)NS(=O)(=O)c3ccc(Cl)cc3)CC2)[C@@H]2OC(C)(C)O[C@H]12. The van der Waals surface area contributed by atoms with Gasteiger partial charge in [-0.05, 0) is 44.5 Å². The van der Waals surface area contributed by atoms with Crippen LogP contribution in [0.4, 0.5) is 4.79 Å². The van der Waals surface area contributed by atoms with Gasteiger partial charge in [-0.25, -0.2) is 17.9 Å². The smallest absolute Gasteiger partial charge is 0.331 e. The second-order valence-corrected chi connectivity index (χ2v) is 14.4. The Labute approximate surface area is 262 Å². The maximum Gasteiger partial charge on any atom is 0.331 e. The highest BCUT2D eigenvalue weighted by Crippen LogP contribution is 2.39. The van der Waals surface area contributed by atoms with Crippen LogP contribution in [0.15, 0.2) is 29.2 Å². The van der Waals surface area contributed by atoms with Crippen LogP contribution in [0.5, 0.6) is 0 Å². The largest absolute Gasteiger partial charge is 0.350 e. The Morgan fingerprint density at radius 2 is 1.51 bits per heavy atom. The molecule has 1 aromatic carbocycles. The number of urea groups is 1. The average Bonchev–Trinajstić information content (AvgIpc) is 3.45. The number of carbonyl (C=O) groups is 1. The van der Waals surface area contributed by atoms with Gasteiger partial charge in [0, 0.05) is 44.4 Å². The number of halogens is 1. The summed E-state index contributed by atoms with van der Waals surface area (Å²) in [4.78, 5) is 16.4. The molecule has 244 valence electrons. The highest BCUT2D eigenvalue weighted by Gasteiger charge is 2.56. The molecule has 1 aromatic rings. The maximum absolute atomic E-state index is 12.7. The third-order valence-corrected chi connectivity index (χ3v) is 9.92. The van der Waals surface area contributed by atoms with Gasteiger partial charge in [0.15, 0.2) is 12.1 Å². The Balaban J connectivity index is 1.17. The van der Waals surface area contributed by atoms with Crippen LogP contribution in [0.25, 0.3) is 0 Å². The number of sulfonamides is 1. The van der Waals surface area contributed by atoms with Gasteiger partial charge >= 0.3 is 6.03 Å². The normalized spacial score (nSPS) is 25.6. The first kappa shape index (κ1) is 34.4. The van der Waals surface area contributed by atoms with Gasteiger partial charge in [-0.15, -0.1) is 0 Å². The average molecular weight is 644 g/mol. The van der Waals surface area contributed by atoms with Crippen molar-refractivity contribution in [2.24, 2.45) is 0 Å². The lowest BCUT2D eigenvalue weighted by molar-refractivity contribution is -0.235. The fraction of sp³-hybridized carbons (Fsp3) is 0.774. The number of benzene rings is 1. The molecule has 4 rings (SSSR count). The van der Waals surface area contributed by atoms with Crippen LogP contribution in [0.1, 0.15) is 85.0 Å². The van der Waals surface area contributed by atoms with E-state index in [-0.39, 0.29) is 23.2 Å². The molecule has 43 heavy (non-hydrogen) atoms. The highest BCUT2D eigenvalue weighted by atomic mass is 35.5. The van der Waals surface area contributed by atoms with Crippen molar-refractivity contribution in [3.63, 3.8) is 0 Å². The fourth-order valence-corrected chi connectivity index (χ4v) is 7.05. The van der Waals surface area contributed by atoms with Crippen molar-refractivity contribution < 1.29 is 32.2 Å². The minimum Gasteiger partial charge on any atom is -0.350 e. The van der Waals surface area contributed by atoms with Crippen LogP contribution in [0.3, 0.4) is 0 Å². The summed E-state index contributed by atoms with van der Waals surface area (Å²) in [5.74, 6) is -0.706. The van der Waals surface area contributed by atoms with Gasteiger partial charge in [0.25, 0.3) is 10.0 Å². The number of nitrogens with zero attached hydrogens (tertiary/aromatic N) is 2. The molecule has 3 fully saturated rings. The lowest BCUT2D eigenvalue weighted by atomic mass is 10.1. The van der Waals surface area contributed by atoms with E-state index in [1.165, 1.54) is 80.5 Å². The lowest BCUT2D eigenvalue weighted by Gasteiger charge is -2.36. The van der Waals surface area contributed by atoms with Crippen LogP contribution in [0, 0.1) is 0 Å². The maximum atomic E-state index is 12.7. The number of amides is 2.